The van der Waals surface area contributed by atoms with Crippen molar-refractivity contribution >= 4 is 24.0 Å². The van der Waals surface area contributed by atoms with E-state index in [0.717, 1.165) is 17.7 Å². The number of para-hydroxylation sites is 1. The summed E-state index contributed by atoms with van der Waals surface area (Å²) in [6.07, 6.45) is 0.753. The van der Waals surface area contributed by atoms with Crippen LogP contribution >= 0.6 is 12.4 Å². The van der Waals surface area contributed by atoms with Crippen LogP contribution in [0.2, 0.25) is 0 Å². The highest BCUT2D eigenvalue weighted by Crippen LogP contribution is 2.25. The Morgan fingerprint density at radius 1 is 1.14 bits per heavy atom. The number of carbonyl (C=O) groups is 1. The van der Waals surface area contributed by atoms with Crippen molar-refractivity contribution in [1.82, 2.24) is 5.32 Å². The topological polar surface area (TPSA) is 41.1 Å². The van der Waals surface area contributed by atoms with Gasteiger partial charge < -0.3 is 10.6 Å². The zero-order chi connectivity index (χ0) is 13.9. The third kappa shape index (κ3) is 3.37. The second kappa shape index (κ2) is 6.64. The van der Waals surface area contributed by atoms with Gasteiger partial charge in [-0.25, -0.2) is 0 Å². The molecule has 0 aromatic heterocycles. The Morgan fingerprint density at radius 3 is 2.52 bits per heavy atom. The zero-order valence-corrected chi connectivity index (χ0v) is 12.7. The predicted molar refractivity (Wildman–Crippen MR) is 87.8 cm³/mol. The third-order valence-corrected chi connectivity index (χ3v) is 3.75. The number of rotatable bonds is 3. The lowest BCUT2D eigenvalue weighted by atomic mass is 10.1. The number of benzene rings is 2. The Bertz CT molecular complexity index is 590. The zero-order valence-electron chi connectivity index (χ0n) is 11.9. The Kier molecular flexibility index (Phi) is 4.86. The summed E-state index contributed by atoms with van der Waals surface area (Å²) in [5, 5.41) is 6.35. The molecule has 21 heavy (non-hydrogen) atoms. The van der Waals surface area contributed by atoms with E-state index in [9.17, 15) is 4.79 Å². The Labute approximate surface area is 131 Å². The number of anilines is 1. The normalized spacial score (nSPS) is 17.1. The van der Waals surface area contributed by atoms with E-state index in [0.29, 0.717) is 0 Å². The minimum atomic E-state index is -0.168. The number of fused-ring (bicyclic) bond motifs is 1. The molecule has 0 saturated heterocycles. The van der Waals surface area contributed by atoms with Crippen molar-refractivity contribution in [2.75, 3.05) is 5.32 Å². The smallest absolute Gasteiger partial charge is 0.243 e. The van der Waals surface area contributed by atoms with E-state index in [1.165, 1.54) is 5.56 Å². The fraction of sp³-hybridized carbons (Fsp3) is 0.235. The lowest BCUT2D eigenvalue weighted by molar-refractivity contribution is -0.122. The molecule has 1 aliphatic heterocycles. The van der Waals surface area contributed by atoms with E-state index >= 15 is 0 Å². The number of amides is 1. The largest absolute Gasteiger partial charge is 0.373 e. The minimum Gasteiger partial charge on any atom is -0.373 e. The molecule has 1 amide bonds. The van der Waals surface area contributed by atoms with E-state index in [1.807, 2.05) is 55.5 Å². The van der Waals surface area contributed by atoms with Crippen molar-refractivity contribution in [2.24, 2.45) is 0 Å². The standard InChI is InChI=1S/C17H18N2O.ClH/c1-12(13-7-3-2-4-8-13)18-17(20)16-11-14-9-5-6-10-15(14)19-16;/h2-10,12,16,19H,11H2,1H3,(H,18,20);1H/t12-,16-;/m0./s1. The summed E-state index contributed by atoms with van der Waals surface area (Å²) in [6, 6.07) is 17.9. The van der Waals surface area contributed by atoms with Gasteiger partial charge >= 0.3 is 0 Å². The highest BCUT2D eigenvalue weighted by atomic mass is 35.5. The quantitative estimate of drug-likeness (QED) is 0.913. The molecule has 1 heterocycles. The molecule has 1 aliphatic rings. The van der Waals surface area contributed by atoms with Gasteiger partial charge in [0, 0.05) is 12.1 Å². The first-order valence-corrected chi connectivity index (χ1v) is 6.94. The Morgan fingerprint density at radius 2 is 1.81 bits per heavy atom. The molecule has 4 heteroatoms. The molecule has 0 aliphatic carbocycles. The average Bonchev–Trinajstić information content (AvgIpc) is 2.92. The molecule has 0 unspecified atom stereocenters. The summed E-state index contributed by atoms with van der Waals surface area (Å²) >= 11 is 0. The molecule has 2 aromatic carbocycles. The molecule has 2 N–H and O–H groups in total. The van der Waals surface area contributed by atoms with Crippen LogP contribution in [-0.4, -0.2) is 11.9 Å². The van der Waals surface area contributed by atoms with Crippen molar-refractivity contribution in [3.05, 3.63) is 65.7 Å². The van der Waals surface area contributed by atoms with Crippen LogP contribution in [0, 0.1) is 0 Å². The van der Waals surface area contributed by atoms with Gasteiger partial charge in [-0.15, -0.1) is 12.4 Å². The molecule has 3 rings (SSSR count). The van der Waals surface area contributed by atoms with Crippen LogP contribution in [0.3, 0.4) is 0 Å². The maximum absolute atomic E-state index is 12.3. The molecule has 0 fully saturated rings. The Hall–Kier alpha value is -2.00. The molecular formula is C17H19ClN2O. The van der Waals surface area contributed by atoms with Crippen molar-refractivity contribution in [3.8, 4) is 0 Å². The average molecular weight is 303 g/mol. The van der Waals surface area contributed by atoms with Crippen LogP contribution in [-0.2, 0) is 11.2 Å². The predicted octanol–water partition coefficient (Wildman–Crippen LogP) is 3.32. The van der Waals surface area contributed by atoms with E-state index < -0.39 is 0 Å². The maximum atomic E-state index is 12.3. The third-order valence-electron chi connectivity index (χ3n) is 3.75. The van der Waals surface area contributed by atoms with Gasteiger partial charge in [0.15, 0.2) is 0 Å². The Balaban J connectivity index is 0.00000161. The highest BCUT2D eigenvalue weighted by molar-refractivity contribution is 5.87. The number of hydrogen-bond donors (Lipinski definition) is 2. The fourth-order valence-corrected chi connectivity index (χ4v) is 2.60. The fourth-order valence-electron chi connectivity index (χ4n) is 2.60. The van der Waals surface area contributed by atoms with E-state index in [4.69, 9.17) is 0 Å². The van der Waals surface area contributed by atoms with Crippen molar-refractivity contribution in [3.63, 3.8) is 0 Å². The molecule has 110 valence electrons. The van der Waals surface area contributed by atoms with Crippen LogP contribution in [0.1, 0.15) is 24.1 Å². The molecule has 2 atom stereocenters. The first-order valence-electron chi connectivity index (χ1n) is 6.94. The summed E-state index contributed by atoms with van der Waals surface area (Å²) in [6.45, 7) is 2.01. The van der Waals surface area contributed by atoms with E-state index in [1.54, 1.807) is 0 Å². The molecule has 0 bridgehead atoms. The monoisotopic (exact) mass is 302 g/mol. The number of carbonyl (C=O) groups excluding carboxylic acids is 1. The van der Waals surface area contributed by atoms with Crippen molar-refractivity contribution in [2.45, 2.75) is 25.4 Å². The molecule has 0 radical (unpaired) electrons. The van der Waals surface area contributed by atoms with Gasteiger partial charge in [0.2, 0.25) is 5.91 Å². The molecule has 2 aromatic rings. The van der Waals surface area contributed by atoms with Gasteiger partial charge in [0.1, 0.15) is 6.04 Å². The minimum absolute atomic E-state index is 0. The molecule has 3 nitrogen and oxygen atoms in total. The lowest BCUT2D eigenvalue weighted by Gasteiger charge is -2.18. The van der Waals surface area contributed by atoms with Gasteiger partial charge in [-0.2, -0.15) is 0 Å². The van der Waals surface area contributed by atoms with Crippen LogP contribution in [0.15, 0.2) is 54.6 Å². The van der Waals surface area contributed by atoms with Gasteiger partial charge in [-0.05, 0) is 24.1 Å². The lowest BCUT2D eigenvalue weighted by Crippen LogP contribution is -2.39. The van der Waals surface area contributed by atoms with E-state index in [-0.39, 0.29) is 30.4 Å². The molecule has 0 saturated carbocycles. The van der Waals surface area contributed by atoms with Crippen LogP contribution in [0.4, 0.5) is 5.69 Å². The highest BCUT2D eigenvalue weighted by Gasteiger charge is 2.27. The second-order valence-corrected chi connectivity index (χ2v) is 5.20. The first kappa shape index (κ1) is 15.4. The summed E-state index contributed by atoms with van der Waals surface area (Å²) < 4.78 is 0. The maximum Gasteiger partial charge on any atom is 0.243 e. The number of hydrogen-bond acceptors (Lipinski definition) is 2. The summed E-state index contributed by atoms with van der Waals surface area (Å²) in [5.41, 5.74) is 3.40. The molecule has 0 spiro atoms. The van der Waals surface area contributed by atoms with Gasteiger partial charge in [-0.3, -0.25) is 4.79 Å². The van der Waals surface area contributed by atoms with Gasteiger partial charge in [0.05, 0.1) is 6.04 Å². The van der Waals surface area contributed by atoms with Gasteiger partial charge in [-0.1, -0.05) is 48.5 Å². The second-order valence-electron chi connectivity index (χ2n) is 5.20. The summed E-state index contributed by atoms with van der Waals surface area (Å²) in [5.74, 6) is 0.0533. The SMILES string of the molecule is C[C@H](NC(=O)[C@@H]1Cc2ccccc2N1)c1ccccc1.Cl. The van der Waals surface area contributed by atoms with Crippen molar-refractivity contribution < 1.29 is 4.79 Å². The van der Waals surface area contributed by atoms with Crippen LogP contribution in [0.25, 0.3) is 0 Å². The summed E-state index contributed by atoms with van der Waals surface area (Å²) in [7, 11) is 0. The molecular weight excluding hydrogens is 284 g/mol. The van der Waals surface area contributed by atoms with Gasteiger partial charge in [0.25, 0.3) is 0 Å². The number of halogens is 1. The number of nitrogens with one attached hydrogen (secondary N) is 2. The van der Waals surface area contributed by atoms with E-state index in [2.05, 4.69) is 16.7 Å². The van der Waals surface area contributed by atoms with Crippen LogP contribution in [0.5, 0.6) is 0 Å². The first-order chi connectivity index (χ1) is 9.74. The van der Waals surface area contributed by atoms with Crippen LogP contribution < -0.4 is 10.6 Å². The van der Waals surface area contributed by atoms with Crippen molar-refractivity contribution in [1.29, 1.82) is 0 Å². The summed E-state index contributed by atoms with van der Waals surface area (Å²) in [4.78, 5) is 12.3.